The lowest BCUT2D eigenvalue weighted by Crippen LogP contribution is -2.51. The fraction of sp³-hybridized carbons (Fsp3) is 1.00. The summed E-state index contributed by atoms with van der Waals surface area (Å²) < 4.78 is 5.86. The molecule has 0 bridgehead atoms. The third-order valence-electron chi connectivity index (χ3n) is 5.17. The van der Waals surface area contributed by atoms with Crippen LogP contribution in [0.3, 0.4) is 0 Å². The molecule has 112 valence electrons. The zero-order valence-electron chi connectivity index (χ0n) is 13.5. The molecule has 1 saturated carbocycles. The zero-order chi connectivity index (χ0) is 14.0. The van der Waals surface area contributed by atoms with E-state index in [2.05, 4.69) is 39.9 Å². The van der Waals surface area contributed by atoms with Gasteiger partial charge in [0.25, 0.3) is 0 Å². The lowest BCUT2D eigenvalue weighted by atomic mass is 9.73. The monoisotopic (exact) mass is 267 g/mol. The molecule has 2 heteroatoms. The molecule has 0 amide bonds. The Morgan fingerprint density at radius 2 is 1.58 bits per heavy atom. The molecule has 19 heavy (non-hydrogen) atoms. The second kappa shape index (κ2) is 6.58. The van der Waals surface area contributed by atoms with Crippen molar-refractivity contribution in [1.82, 2.24) is 5.32 Å². The zero-order valence-corrected chi connectivity index (χ0v) is 13.5. The fourth-order valence-corrected chi connectivity index (χ4v) is 4.24. The number of ether oxygens (including phenoxy) is 1. The lowest BCUT2D eigenvalue weighted by molar-refractivity contribution is -0.0463. The minimum absolute atomic E-state index is 0.416. The van der Waals surface area contributed by atoms with Gasteiger partial charge < -0.3 is 10.1 Å². The smallest absolute Gasteiger partial charge is 0.0565 e. The highest BCUT2D eigenvalue weighted by molar-refractivity contribution is 4.89. The standard InChI is InChI=1S/C17H33NO/c1-11(2)16-7-6-12(3)8-17(16)18-15-9-13(4)19-14(5)10-15/h11-18H,6-10H2,1-5H3. The van der Waals surface area contributed by atoms with E-state index in [1.807, 2.05) is 0 Å². The van der Waals surface area contributed by atoms with Gasteiger partial charge >= 0.3 is 0 Å². The van der Waals surface area contributed by atoms with Gasteiger partial charge in [0.2, 0.25) is 0 Å². The van der Waals surface area contributed by atoms with Gasteiger partial charge in [0.05, 0.1) is 12.2 Å². The second-order valence-electron chi connectivity index (χ2n) is 7.52. The van der Waals surface area contributed by atoms with E-state index in [1.54, 1.807) is 0 Å². The van der Waals surface area contributed by atoms with Crippen molar-refractivity contribution in [2.75, 3.05) is 0 Å². The van der Waals surface area contributed by atoms with Crippen LogP contribution < -0.4 is 5.32 Å². The number of hydrogen-bond acceptors (Lipinski definition) is 2. The minimum atomic E-state index is 0.416. The molecule has 1 aliphatic carbocycles. The first-order chi connectivity index (χ1) is 8.95. The first-order valence-electron chi connectivity index (χ1n) is 8.37. The molecule has 1 N–H and O–H groups in total. The highest BCUT2D eigenvalue weighted by Gasteiger charge is 2.33. The normalized spacial score (nSPS) is 44.5. The van der Waals surface area contributed by atoms with E-state index < -0.39 is 0 Å². The van der Waals surface area contributed by atoms with Gasteiger partial charge in [-0.3, -0.25) is 0 Å². The highest BCUT2D eigenvalue weighted by Crippen LogP contribution is 2.34. The molecule has 0 aromatic rings. The van der Waals surface area contributed by atoms with Gasteiger partial charge in [-0.15, -0.1) is 0 Å². The SMILES string of the molecule is CC1CCC(C(C)C)C(NC2CC(C)OC(C)C2)C1. The lowest BCUT2D eigenvalue weighted by Gasteiger charge is -2.42. The van der Waals surface area contributed by atoms with Crippen LogP contribution in [-0.2, 0) is 4.74 Å². The van der Waals surface area contributed by atoms with E-state index in [1.165, 1.54) is 32.1 Å². The van der Waals surface area contributed by atoms with Crippen molar-refractivity contribution in [3.8, 4) is 0 Å². The van der Waals surface area contributed by atoms with Gasteiger partial charge in [-0.25, -0.2) is 0 Å². The molecule has 1 heterocycles. The van der Waals surface area contributed by atoms with E-state index in [9.17, 15) is 0 Å². The van der Waals surface area contributed by atoms with Gasteiger partial charge in [0, 0.05) is 12.1 Å². The fourth-order valence-electron chi connectivity index (χ4n) is 4.24. The van der Waals surface area contributed by atoms with Crippen LogP contribution in [0.4, 0.5) is 0 Å². The third kappa shape index (κ3) is 4.19. The van der Waals surface area contributed by atoms with Crippen LogP contribution in [-0.4, -0.2) is 24.3 Å². The largest absolute Gasteiger partial charge is 0.375 e. The molecule has 2 rings (SSSR count). The van der Waals surface area contributed by atoms with Crippen LogP contribution in [0.15, 0.2) is 0 Å². The Morgan fingerprint density at radius 3 is 2.16 bits per heavy atom. The molecule has 1 aliphatic heterocycles. The number of nitrogens with one attached hydrogen (secondary N) is 1. The Kier molecular flexibility index (Phi) is 5.30. The van der Waals surface area contributed by atoms with E-state index in [4.69, 9.17) is 4.74 Å². The Labute approximate surface area is 119 Å². The average molecular weight is 267 g/mol. The molecule has 5 unspecified atom stereocenters. The average Bonchev–Trinajstić information content (AvgIpc) is 2.26. The van der Waals surface area contributed by atoms with Crippen LogP contribution in [0.25, 0.3) is 0 Å². The van der Waals surface area contributed by atoms with Crippen molar-refractivity contribution in [3.63, 3.8) is 0 Å². The molecular formula is C17H33NO. The van der Waals surface area contributed by atoms with Crippen LogP contribution in [0.5, 0.6) is 0 Å². The summed E-state index contributed by atoms with van der Waals surface area (Å²) in [5.74, 6) is 2.56. The number of hydrogen-bond donors (Lipinski definition) is 1. The summed E-state index contributed by atoms with van der Waals surface area (Å²) in [5.41, 5.74) is 0. The molecule has 5 atom stereocenters. The maximum Gasteiger partial charge on any atom is 0.0565 e. The molecule has 0 aromatic carbocycles. The summed E-state index contributed by atoms with van der Waals surface area (Å²) in [5, 5.41) is 4.00. The summed E-state index contributed by atoms with van der Waals surface area (Å²) in [7, 11) is 0. The first-order valence-corrected chi connectivity index (χ1v) is 8.37. The first kappa shape index (κ1) is 15.3. The minimum Gasteiger partial charge on any atom is -0.375 e. The third-order valence-corrected chi connectivity index (χ3v) is 5.17. The van der Waals surface area contributed by atoms with Crippen molar-refractivity contribution in [2.24, 2.45) is 17.8 Å². The number of rotatable bonds is 3. The molecule has 1 saturated heterocycles. The van der Waals surface area contributed by atoms with Crippen LogP contribution >= 0.6 is 0 Å². The molecule has 2 aliphatic rings. The summed E-state index contributed by atoms with van der Waals surface area (Å²) in [4.78, 5) is 0. The maximum atomic E-state index is 5.86. The summed E-state index contributed by atoms with van der Waals surface area (Å²) in [6.07, 6.45) is 7.38. The molecule has 0 aromatic heterocycles. The van der Waals surface area contributed by atoms with Crippen LogP contribution in [0, 0.1) is 17.8 Å². The maximum absolute atomic E-state index is 5.86. The van der Waals surface area contributed by atoms with Crippen molar-refractivity contribution in [2.45, 2.75) is 91.0 Å². The van der Waals surface area contributed by atoms with Gasteiger partial charge in [0.1, 0.15) is 0 Å². The Hall–Kier alpha value is -0.0800. The molecule has 0 spiro atoms. The summed E-state index contributed by atoms with van der Waals surface area (Å²) in [6, 6.07) is 1.39. The molecular weight excluding hydrogens is 234 g/mol. The van der Waals surface area contributed by atoms with Crippen molar-refractivity contribution in [1.29, 1.82) is 0 Å². The Balaban J connectivity index is 1.94. The predicted octanol–water partition coefficient (Wildman–Crippen LogP) is 3.99. The van der Waals surface area contributed by atoms with E-state index in [0.717, 1.165) is 23.8 Å². The topological polar surface area (TPSA) is 21.3 Å². The Morgan fingerprint density at radius 1 is 0.947 bits per heavy atom. The highest BCUT2D eigenvalue weighted by atomic mass is 16.5. The van der Waals surface area contributed by atoms with Gasteiger partial charge in [-0.05, 0) is 57.3 Å². The quantitative estimate of drug-likeness (QED) is 0.834. The molecule has 0 radical (unpaired) electrons. The predicted molar refractivity (Wildman–Crippen MR) is 81.3 cm³/mol. The van der Waals surface area contributed by atoms with E-state index in [0.29, 0.717) is 18.2 Å². The second-order valence-corrected chi connectivity index (χ2v) is 7.52. The van der Waals surface area contributed by atoms with E-state index >= 15 is 0 Å². The summed E-state index contributed by atoms with van der Waals surface area (Å²) in [6.45, 7) is 11.6. The van der Waals surface area contributed by atoms with E-state index in [-0.39, 0.29) is 0 Å². The van der Waals surface area contributed by atoms with Crippen molar-refractivity contribution >= 4 is 0 Å². The van der Waals surface area contributed by atoms with Crippen LogP contribution in [0.2, 0.25) is 0 Å². The summed E-state index contributed by atoms with van der Waals surface area (Å²) >= 11 is 0. The molecule has 2 nitrogen and oxygen atoms in total. The molecule has 2 fully saturated rings. The Bertz CT molecular complexity index is 268. The van der Waals surface area contributed by atoms with Crippen molar-refractivity contribution in [3.05, 3.63) is 0 Å². The van der Waals surface area contributed by atoms with Crippen LogP contribution in [0.1, 0.15) is 66.7 Å². The van der Waals surface area contributed by atoms with Crippen molar-refractivity contribution < 1.29 is 4.74 Å². The van der Waals surface area contributed by atoms with Gasteiger partial charge in [-0.1, -0.05) is 27.2 Å². The van der Waals surface area contributed by atoms with Gasteiger partial charge in [0.15, 0.2) is 0 Å². The van der Waals surface area contributed by atoms with Gasteiger partial charge in [-0.2, -0.15) is 0 Å².